The Bertz CT molecular complexity index is 753. The fourth-order valence-corrected chi connectivity index (χ4v) is 4.58. The summed E-state index contributed by atoms with van der Waals surface area (Å²) in [6, 6.07) is 8.46. The van der Waals surface area contributed by atoms with Crippen molar-refractivity contribution in [2.45, 2.75) is 70.8 Å². The number of carbonyl (C=O) groups excluding carboxylic acids is 3. The summed E-state index contributed by atoms with van der Waals surface area (Å²) < 4.78 is 0. The van der Waals surface area contributed by atoms with Crippen molar-refractivity contribution in [3.8, 4) is 0 Å². The summed E-state index contributed by atoms with van der Waals surface area (Å²) in [4.78, 5) is 38.9. The van der Waals surface area contributed by atoms with Gasteiger partial charge >= 0.3 is 6.03 Å². The number of likely N-dealkylation sites (N-methyl/N-ethyl adjacent to an activating group) is 1. The Labute approximate surface area is 180 Å². The largest absolute Gasteiger partial charge is 0.349 e. The fourth-order valence-electron chi connectivity index (χ4n) is 4.58. The highest BCUT2D eigenvalue weighted by Gasteiger charge is 2.33. The zero-order valence-corrected chi connectivity index (χ0v) is 18.5. The van der Waals surface area contributed by atoms with E-state index in [1.54, 1.807) is 7.05 Å². The topological polar surface area (TPSA) is 69.7 Å². The van der Waals surface area contributed by atoms with E-state index in [9.17, 15) is 14.4 Å². The number of nitrogens with zero attached hydrogens (tertiary/aromatic N) is 2. The highest BCUT2D eigenvalue weighted by atomic mass is 16.2. The lowest BCUT2D eigenvalue weighted by molar-refractivity contribution is -0.126. The number of hydrogen-bond donors (Lipinski definition) is 1. The third kappa shape index (κ3) is 5.41. The zero-order chi connectivity index (χ0) is 21.7. The van der Waals surface area contributed by atoms with Crippen molar-refractivity contribution in [1.82, 2.24) is 15.1 Å². The minimum atomic E-state index is -0.279. The maximum Gasteiger partial charge on any atom is 0.326 e. The smallest absolute Gasteiger partial charge is 0.326 e. The van der Waals surface area contributed by atoms with Gasteiger partial charge in [-0.3, -0.25) is 14.5 Å². The van der Waals surface area contributed by atoms with Gasteiger partial charge in [-0.1, -0.05) is 57.4 Å². The van der Waals surface area contributed by atoms with E-state index in [2.05, 4.69) is 43.4 Å². The molecule has 1 unspecified atom stereocenters. The molecule has 0 radical (unpaired) electrons. The first kappa shape index (κ1) is 22.3. The summed E-state index contributed by atoms with van der Waals surface area (Å²) in [5.74, 6) is 0.707. The Kier molecular flexibility index (Phi) is 7.51. The number of nitrogens with one attached hydrogen (secondary N) is 1. The first-order chi connectivity index (χ1) is 14.4. The van der Waals surface area contributed by atoms with Gasteiger partial charge in [-0.25, -0.2) is 4.79 Å². The van der Waals surface area contributed by atoms with Crippen LogP contribution in [-0.2, 0) is 9.59 Å². The summed E-state index contributed by atoms with van der Waals surface area (Å²) in [6.45, 7) is 4.63. The second-order valence-corrected chi connectivity index (χ2v) is 9.08. The van der Waals surface area contributed by atoms with E-state index in [-0.39, 0.29) is 42.9 Å². The minimum Gasteiger partial charge on any atom is -0.349 e. The molecule has 2 aliphatic rings. The van der Waals surface area contributed by atoms with E-state index in [0.717, 1.165) is 5.56 Å². The van der Waals surface area contributed by atoms with Gasteiger partial charge in [0.25, 0.3) is 0 Å². The number of imide groups is 1. The van der Waals surface area contributed by atoms with E-state index >= 15 is 0 Å². The highest BCUT2D eigenvalue weighted by Crippen LogP contribution is 2.33. The number of amides is 4. The SMILES string of the molecule is CC(C)C(NC(=O)CCCN1C(=O)CN(C)C1=O)c1ccc(C2CCCCC2)cc1. The van der Waals surface area contributed by atoms with Crippen LogP contribution in [0.4, 0.5) is 4.79 Å². The molecule has 0 spiro atoms. The number of hydrogen-bond acceptors (Lipinski definition) is 3. The van der Waals surface area contributed by atoms with Gasteiger partial charge in [0.1, 0.15) is 6.54 Å². The summed E-state index contributed by atoms with van der Waals surface area (Å²) in [6.07, 6.45) is 7.33. The van der Waals surface area contributed by atoms with Crippen molar-refractivity contribution in [3.63, 3.8) is 0 Å². The van der Waals surface area contributed by atoms with Crippen molar-refractivity contribution in [1.29, 1.82) is 0 Å². The summed E-state index contributed by atoms with van der Waals surface area (Å²) in [5.41, 5.74) is 2.54. The molecule has 1 N–H and O–H groups in total. The number of carbonyl (C=O) groups is 3. The van der Waals surface area contributed by atoms with Crippen molar-refractivity contribution in [2.24, 2.45) is 5.92 Å². The molecule has 0 aromatic heterocycles. The monoisotopic (exact) mass is 413 g/mol. The molecule has 1 aliphatic carbocycles. The first-order valence-electron chi connectivity index (χ1n) is 11.3. The van der Waals surface area contributed by atoms with Gasteiger partial charge in [0.05, 0.1) is 6.04 Å². The molecule has 6 nitrogen and oxygen atoms in total. The van der Waals surface area contributed by atoms with Gasteiger partial charge in [-0.2, -0.15) is 0 Å². The number of rotatable bonds is 8. The predicted molar refractivity (Wildman–Crippen MR) is 117 cm³/mol. The van der Waals surface area contributed by atoms with Gasteiger partial charge in [-0.05, 0) is 42.2 Å². The van der Waals surface area contributed by atoms with Crippen LogP contribution in [0.25, 0.3) is 0 Å². The van der Waals surface area contributed by atoms with Crippen LogP contribution in [0, 0.1) is 5.92 Å². The summed E-state index contributed by atoms with van der Waals surface area (Å²) >= 11 is 0. The average Bonchev–Trinajstić information content (AvgIpc) is 2.98. The maximum atomic E-state index is 12.5. The van der Waals surface area contributed by atoms with Crippen molar-refractivity contribution < 1.29 is 14.4 Å². The molecule has 2 fully saturated rings. The molecule has 4 amide bonds. The second-order valence-electron chi connectivity index (χ2n) is 9.08. The van der Waals surface area contributed by atoms with Crippen LogP contribution < -0.4 is 5.32 Å². The molecule has 3 rings (SSSR count). The molecule has 1 saturated heterocycles. The molecular formula is C24H35N3O3. The molecule has 6 heteroatoms. The quantitative estimate of drug-likeness (QED) is 0.649. The Hall–Kier alpha value is -2.37. The molecule has 164 valence electrons. The van der Waals surface area contributed by atoms with E-state index in [0.29, 0.717) is 18.8 Å². The standard InChI is InChI=1S/C24H35N3O3/c1-17(2)23(20-13-11-19(12-14-20)18-8-5-4-6-9-18)25-21(28)10-7-15-27-22(29)16-26(3)24(27)30/h11-14,17-18,23H,4-10,15-16H2,1-3H3,(H,25,28). The molecule has 1 atom stereocenters. The van der Waals surface area contributed by atoms with Crippen molar-refractivity contribution >= 4 is 17.8 Å². The normalized spacial score (nSPS) is 18.9. The van der Waals surface area contributed by atoms with Gasteiger partial charge in [-0.15, -0.1) is 0 Å². The first-order valence-corrected chi connectivity index (χ1v) is 11.3. The Balaban J connectivity index is 1.52. The van der Waals surface area contributed by atoms with E-state index < -0.39 is 0 Å². The summed E-state index contributed by atoms with van der Waals surface area (Å²) in [5, 5.41) is 3.15. The van der Waals surface area contributed by atoms with E-state index in [1.165, 1.54) is 47.5 Å². The molecule has 1 aromatic rings. The van der Waals surface area contributed by atoms with Gasteiger partial charge in [0.15, 0.2) is 0 Å². The lowest BCUT2D eigenvalue weighted by Gasteiger charge is -2.25. The Morgan fingerprint density at radius 3 is 2.33 bits per heavy atom. The minimum absolute atomic E-state index is 0.0425. The maximum absolute atomic E-state index is 12.5. The van der Waals surface area contributed by atoms with Crippen molar-refractivity contribution in [2.75, 3.05) is 20.1 Å². The van der Waals surface area contributed by atoms with Crippen molar-refractivity contribution in [3.05, 3.63) is 35.4 Å². The van der Waals surface area contributed by atoms with E-state index in [1.807, 2.05) is 0 Å². The average molecular weight is 414 g/mol. The number of benzene rings is 1. The third-order valence-electron chi connectivity index (χ3n) is 6.37. The molecule has 0 bridgehead atoms. The van der Waals surface area contributed by atoms with Crippen LogP contribution in [0.15, 0.2) is 24.3 Å². The lowest BCUT2D eigenvalue weighted by Crippen LogP contribution is -2.34. The molecule has 1 saturated carbocycles. The molecular weight excluding hydrogens is 378 g/mol. The fraction of sp³-hybridized carbons (Fsp3) is 0.625. The molecule has 30 heavy (non-hydrogen) atoms. The van der Waals surface area contributed by atoms with Gasteiger partial charge in [0.2, 0.25) is 11.8 Å². The van der Waals surface area contributed by atoms with E-state index in [4.69, 9.17) is 0 Å². The van der Waals surface area contributed by atoms with Gasteiger partial charge < -0.3 is 10.2 Å². The van der Waals surface area contributed by atoms with Crippen LogP contribution in [0.3, 0.4) is 0 Å². The van der Waals surface area contributed by atoms with Crippen LogP contribution in [0.2, 0.25) is 0 Å². The Morgan fingerprint density at radius 2 is 1.77 bits per heavy atom. The van der Waals surface area contributed by atoms with Crippen LogP contribution in [-0.4, -0.2) is 47.8 Å². The lowest BCUT2D eigenvalue weighted by atomic mass is 9.83. The molecule has 1 heterocycles. The summed E-state index contributed by atoms with van der Waals surface area (Å²) in [7, 11) is 1.61. The molecule has 1 aromatic carbocycles. The highest BCUT2D eigenvalue weighted by molar-refractivity contribution is 6.01. The van der Waals surface area contributed by atoms with Crippen LogP contribution in [0.1, 0.15) is 81.9 Å². The van der Waals surface area contributed by atoms with Crippen LogP contribution in [0.5, 0.6) is 0 Å². The third-order valence-corrected chi connectivity index (χ3v) is 6.37. The van der Waals surface area contributed by atoms with Crippen LogP contribution >= 0.6 is 0 Å². The predicted octanol–water partition coefficient (Wildman–Crippen LogP) is 4.22. The number of urea groups is 1. The molecule has 1 aliphatic heterocycles. The zero-order valence-electron chi connectivity index (χ0n) is 18.5. The Morgan fingerprint density at radius 1 is 1.10 bits per heavy atom. The second kappa shape index (κ2) is 10.1. The van der Waals surface area contributed by atoms with Gasteiger partial charge in [0, 0.05) is 20.0 Å².